The van der Waals surface area contributed by atoms with Gasteiger partial charge in [0.1, 0.15) is 0 Å². The fourth-order valence-electron chi connectivity index (χ4n) is 1.92. The normalized spacial score (nSPS) is 22.2. The lowest BCUT2D eigenvalue weighted by Gasteiger charge is -2.19. The van der Waals surface area contributed by atoms with Crippen molar-refractivity contribution in [2.75, 3.05) is 12.3 Å². The number of rotatable bonds is 2. The molecule has 0 aromatic carbocycles. The molecule has 1 amide bonds. The van der Waals surface area contributed by atoms with E-state index in [1.807, 2.05) is 4.90 Å². The molecule has 88 valence electrons. The van der Waals surface area contributed by atoms with E-state index in [2.05, 4.69) is 11.9 Å². The van der Waals surface area contributed by atoms with E-state index in [1.165, 1.54) is 11.3 Å². The summed E-state index contributed by atoms with van der Waals surface area (Å²) in [6.45, 7) is 3.74. The van der Waals surface area contributed by atoms with Gasteiger partial charge in [-0.25, -0.2) is 4.98 Å². The molecule has 5 heteroatoms. The summed E-state index contributed by atoms with van der Waals surface area (Å²) in [4.78, 5) is 18.9. The summed E-state index contributed by atoms with van der Waals surface area (Å²) in [6, 6.07) is 0. The Morgan fingerprint density at radius 1 is 1.62 bits per heavy atom. The molecular formula is C11H17N3OS. The first-order chi connectivity index (χ1) is 7.65. The molecule has 4 nitrogen and oxygen atoms in total. The Morgan fingerprint density at radius 2 is 2.44 bits per heavy atom. The lowest BCUT2D eigenvalue weighted by Crippen LogP contribution is -2.29. The zero-order valence-corrected chi connectivity index (χ0v) is 10.3. The number of anilines is 1. The highest BCUT2D eigenvalue weighted by Crippen LogP contribution is 2.21. The molecule has 1 unspecified atom stereocenters. The van der Waals surface area contributed by atoms with Gasteiger partial charge in [0.15, 0.2) is 5.13 Å². The van der Waals surface area contributed by atoms with E-state index >= 15 is 0 Å². The van der Waals surface area contributed by atoms with Gasteiger partial charge >= 0.3 is 0 Å². The van der Waals surface area contributed by atoms with Gasteiger partial charge in [0, 0.05) is 24.0 Å². The van der Waals surface area contributed by atoms with Crippen molar-refractivity contribution in [2.45, 2.75) is 32.7 Å². The van der Waals surface area contributed by atoms with Crippen molar-refractivity contribution < 1.29 is 4.79 Å². The number of aromatic nitrogens is 1. The van der Waals surface area contributed by atoms with Crippen LogP contribution in [-0.2, 0) is 11.3 Å². The second-order valence-electron chi connectivity index (χ2n) is 4.41. The van der Waals surface area contributed by atoms with Gasteiger partial charge in [-0.3, -0.25) is 4.79 Å². The van der Waals surface area contributed by atoms with Gasteiger partial charge in [-0.05, 0) is 18.8 Å². The van der Waals surface area contributed by atoms with Crippen molar-refractivity contribution in [1.29, 1.82) is 0 Å². The average molecular weight is 239 g/mol. The second-order valence-corrected chi connectivity index (χ2v) is 5.56. The van der Waals surface area contributed by atoms with Gasteiger partial charge in [0.2, 0.25) is 5.91 Å². The van der Waals surface area contributed by atoms with Crippen molar-refractivity contribution in [3.05, 3.63) is 11.1 Å². The maximum atomic E-state index is 11.8. The van der Waals surface area contributed by atoms with Crippen molar-refractivity contribution in [3.8, 4) is 0 Å². The van der Waals surface area contributed by atoms with Crippen LogP contribution < -0.4 is 5.73 Å². The quantitative estimate of drug-likeness (QED) is 0.857. The second kappa shape index (κ2) is 4.82. The van der Waals surface area contributed by atoms with Crippen LogP contribution >= 0.6 is 11.3 Å². The maximum absolute atomic E-state index is 11.8. The summed E-state index contributed by atoms with van der Waals surface area (Å²) in [5.41, 5.74) is 5.58. The Bertz CT molecular complexity index is 377. The number of amides is 1. The predicted octanol–water partition coefficient (Wildman–Crippen LogP) is 1.87. The third-order valence-electron chi connectivity index (χ3n) is 3.01. The van der Waals surface area contributed by atoms with E-state index in [0.717, 1.165) is 24.3 Å². The number of nitrogen functional groups attached to an aromatic ring is 1. The van der Waals surface area contributed by atoms with Crippen LogP contribution in [-0.4, -0.2) is 22.3 Å². The zero-order valence-electron chi connectivity index (χ0n) is 9.48. The fourth-order valence-corrected chi connectivity index (χ4v) is 2.62. The molecule has 0 bridgehead atoms. The number of nitrogens with zero attached hydrogens (tertiary/aromatic N) is 2. The largest absolute Gasteiger partial charge is 0.375 e. The van der Waals surface area contributed by atoms with Crippen LogP contribution in [0.15, 0.2) is 6.20 Å². The van der Waals surface area contributed by atoms with E-state index in [1.54, 1.807) is 6.20 Å². The van der Waals surface area contributed by atoms with Crippen molar-refractivity contribution in [1.82, 2.24) is 9.88 Å². The van der Waals surface area contributed by atoms with E-state index in [9.17, 15) is 4.79 Å². The monoisotopic (exact) mass is 239 g/mol. The van der Waals surface area contributed by atoms with Crippen molar-refractivity contribution in [3.63, 3.8) is 0 Å². The molecule has 1 aliphatic rings. The van der Waals surface area contributed by atoms with E-state index < -0.39 is 0 Å². The molecular weight excluding hydrogens is 222 g/mol. The van der Waals surface area contributed by atoms with Gasteiger partial charge in [0.05, 0.1) is 6.54 Å². The van der Waals surface area contributed by atoms with Crippen LogP contribution in [0.1, 0.15) is 31.1 Å². The van der Waals surface area contributed by atoms with Crippen LogP contribution in [0, 0.1) is 5.92 Å². The van der Waals surface area contributed by atoms with Crippen molar-refractivity contribution in [2.24, 2.45) is 5.92 Å². The fraction of sp³-hybridized carbons (Fsp3) is 0.636. The maximum Gasteiger partial charge on any atom is 0.222 e. The number of likely N-dealkylation sites (tertiary alicyclic amines) is 1. The Labute approximate surface area is 99.5 Å². The molecule has 1 aromatic rings. The van der Waals surface area contributed by atoms with Crippen LogP contribution in [0.2, 0.25) is 0 Å². The van der Waals surface area contributed by atoms with Gasteiger partial charge in [-0.2, -0.15) is 0 Å². The Kier molecular flexibility index (Phi) is 3.43. The molecule has 1 aromatic heterocycles. The van der Waals surface area contributed by atoms with E-state index in [-0.39, 0.29) is 5.91 Å². The van der Waals surface area contributed by atoms with Crippen molar-refractivity contribution >= 4 is 22.4 Å². The minimum atomic E-state index is 0.260. The summed E-state index contributed by atoms with van der Waals surface area (Å²) in [6.07, 6.45) is 4.55. The highest BCUT2D eigenvalue weighted by molar-refractivity contribution is 7.15. The van der Waals surface area contributed by atoms with Crippen LogP contribution in [0.4, 0.5) is 5.13 Å². The minimum Gasteiger partial charge on any atom is -0.375 e. The number of thiazole rings is 1. The van der Waals surface area contributed by atoms with E-state index in [4.69, 9.17) is 5.73 Å². The molecule has 16 heavy (non-hydrogen) atoms. The highest BCUT2D eigenvalue weighted by Gasteiger charge is 2.20. The highest BCUT2D eigenvalue weighted by atomic mass is 32.1. The standard InChI is InChI=1S/C11H17N3OS/c1-8-2-3-10(15)14(5-4-8)7-9-6-13-11(12)16-9/h6,8H,2-5,7H2,1H3,(H2,12,13). The molecule has 1 aliphatic heterocycles. The number of carbonyl (C=O) groups excluding carboxylic acids is 1. The Balaban J connectivity index is 2.00. The summed E-state index contributed by atoms with van der Waals surface area (Å²) in [5, 5.41) is 0.575. The van der Waals surface area contributed by atoms with Crippen LogP contribution in [0.5, 0.6) is 0 Å². The van der Waals surface area contributed by atoms with Gasteiger partial charge in [-0.1, -0.05) is 6.92 Å². The molecule has 1 saturated heterocycles. The molecule has 0 spiro atoms. The molecule has 1 atom stereocenters. The molecule has 0 aliphatic carbocycles. The summed E-state index contributed by atoms with van der Waals surface area (Å²) in [7, 11) is 0. The van der Waals surface area contributed by atoms with Gasteiger partial charge in [0.25, 0.3) is 0 Å². The first-order valence-corrected chi connectivity index (χ1v) is 6.45. The lowest BCUT2D eigenvalue weighted by atomic mass is 10.0. The van der Waals surface area contributed by atoms with Crippen LogP contribution in [0.3, 0.4) is 0 Å². The summed E-state index contributed by atoms with van der Waals surface area (Å²) >= 11 is 1.46. The SMILES string of the molecule is CC1CCC(=O)N(Cc2cnc(N)s2)CC1. The number of carbonyl (C=O) groups is 1. The minimum absolute atomic E-state index is 0.260. The first-order valence-electron chi connectivity index (χ1n) is 5.63. The molecule has 2 heterocycles. The first kappa shape index (κ1) is 11.4. The molecule has 0 saturated carbocycles. The topological polar surface area (TPSA) is 59.2 Å². The van der Waals surface area contributed by atoms with Crippen LogP contribution in [0.25, 0.3) is 0 Å². The smallest absolute Gasteiger partial charge is 0.222 e. The number of nitrogens with two attached hydrogens (primary N) is 1. The zero-order chi connectivity index (χ0) is 11.5. The number of hydrogen-bond acceptors (Lipinski definition) is 4. The number of hydrogen-bond donors (Lipinski definition) is 1. The predicted molar refractivity (Wildman–Crippen MR) is 65.0 cm³/mol. The molecule has 0 radical (unpaired) electrons. The van der Waals surface area contributed by atoms with Gasteiger partial charge in [-0.15, -0.1) is 11.3 Å². The third kappa shape index (κ3) is 2.72. The molecule has 2 rings (SSSR count). The molecule has 1 fully saturated rings. The molecule has 2 N–H and O–H groups in total. The van der Waals surface area contributed by atoms with E-state index in [0.29, 0.717) is 24.0 Å². The summed E-state index contributed by atoms with van der Waals surface area (Å²) in [5.74, 6) is 0.914. The lowest BCUT2D eigenvalue weighted by molar-refractivity contribution is -0.131. The van der Waals surface area contributed by atoms with Gasteiger partial charge < -0.3 is 10.6 Å². The Hall–Kier alpha value is -1.10. The summed E-state index contributed by atoms with van der Waals surface area (Å²) < 4.78 is 0. The third-order valence-corrected chi connectivity index (χ3v) is 3.82. The average Bonchev–Trinajstić information content (AvgIpc) is 2.59. The Morgan fingerprint density at radius 3 is 3.12 bits per heavy atom.